The lowest BCUT2D eigenvalue weighted by Gasteiger charge is -2.15. The second-order valence-corrected chi connectivity index (χ2v) is 11.0. The monoisotopic (exact) mass is 582 g/mol. The number of rotatable bonds is 5. The highest BCUT2D eigenvalue weighted by Crippen LogP contribution is 2.38. The van der Waals surface area contributed by atoms with Crippen LogP contribution in [0.5, 0.6) is 0 Å². The van der Waals surface area contributed by atoms with Gasteiger partial charge in [0.05, 0.1) is 23.3 Å². The summed E-state index contributed by atoms with van der Waals surface area (Å²) >= 11 is 0. The minimum absolute atomic E-state index is 0.472. The van der Waals surface area contributed by atoms with Crippen LogP contribution in [-0.4, -0.2) is 23.3 Å². The fourth-order valence-electron chi connectivity index (χ4n) is 6.24. The van der Waals surface area contributed by atoms with Gasteiger partial charge in [0.25, 0.3) is 0 Å². The van der Waals surface area contributed by atoms with E-state index < -0.39 is 0 Å². The molecule has 6 aromatic carbocycles. The molecule has 5 heteroatoms. The van der Waals surface area contributed by atoms with E-state index in [1.54, 1.807) is 7.05 Å². The zero-order valence-corrected chi connectivity index (χ0v) is 24.8. The molecular formula is C40H30N4O. The Morgan fingerprint density at radius 2 is 1.22 bits per heavy atom. The maximum absolute atomic E-state index is 6.33. The van der Waals surface area contributed by atoms with E-state index in [2.05, 4.69) is 112 Å². The summed E-state index contributed by atoms with van der Waals surface area (Å²) in [4.78, 5) is 9.74. The molecule has 2 heterocycles. The maximum Gasteiger partial charge on any atom is 0.137 e. The van der Waals surface area contributed by atoms with E-state index in [9.17, 15) is 0 Å². The first-order chi connectivity index (χ1) is 22.3. The minimum Gasteiger partial charge on any atom is -0.456 e. The molecule has 0 atom stereocenters. The van der Waals surface area contributed by atoms with Gasteiger partial charge in [-0.15, -0.1) is 0 Å². The third kappa shape index (κ3) is 4.75. The van der Waals surface area contributed by atoms with Crippen molar-refractivity contribution in [1.29, 1.82) is 0 Å². The molecule has 0 aliphatic rings. The first-order valence-corrected chi connectivity index (χ1v) is 15.1. The number of furan rings is 1. The molecule has 0 unspecified atom stereocenters. The SMILES string of the molecule is CN=C(NC(=NCc1ccccc1-n1c2ccccc2c2cc3c(cc21)oc1ccccc13)c1ccccc1)c1ccccc1. The highest BCUT2D eigenvalue weighted by Gasteiger charge is 2.18. The van der Waals surface area contributed by atoms with Crippen LogP contribution in [0.2, 0.25) is 0 Å². The number of aliphatic imine (C=N–C) groups is 2. The second-order valence-electron chi connectivity index (χ2n) is 11.0. The predicted octanol–water partition coefficient (Wildman–Crippen LogP) is 9.30. The molecule has 1 N–H and O–H groups in total. The van der Waals surface area contributed by atoms with Crippen LogP contribution in [0.1, 0.15) is 16.7 Å². The van der Waals surface area contributed by atoms with Gasteiger partial charge in [-0.2, -0.15) is 0 Å². The van der Waals surface area contributed by atoms with Gasteiger partial charge in [0.2, 0.25) is 0 Å². The van der Waals surface area contributed by atoms with Gasteiger partial charge < -0.3 is 14.3 Å². The summed E-state index contributed by atoms with van der Waals surface area (Å²) in [6, 6.07) is 50.2. The molecule has 0 fully saturated rings. The lowest BCUT2D eigenvalue weighted by atomic mass is 10.1. The van der Waals surface area contributed by atoms with Crippen molar-refractivity contribution in [3.63, 3.8) is 0 Å². The van der Waals surface area contributed by atoms with Crippen molar-refractivity contribution in [1.82, 2.24) is 9.88 Å². The first-order valence-electron chi connectivity index (χ1n) is 15.1. The Labute approximate surface area is 260 Å². The molecule has 0 aliphatic carbocycles. The number of nitrogens with zero attached hydrogens (tertiary/aromatic N) is 3. The van der Waals surface area contributed by atoms with Crippen LogP contribution < -0.4 is 5.32 Å². The van der Waals surface area contributed by atoms with E-state index in [1.165, 1.54) is 10.8 Å². The van der Waals surface area contributed by atoms with Crippen molar-refractivity contribution in [2.24, 2.45) is 9.98 Å². The Balaban J connectivity index is 1.27. The lowest BCUT2D eigenvalue weighted by Crippen LogP contribution is -2.32. The van der Waals surface area contributed by atoms with Crippen LogP contribution in [-0.2, 0) is 6.54 Å². The van der Waals surface area contributed by atoms with Crippen molar-refractivity contribution in [3.8, 4) is 5.69 Å². The van der Waals surface area contributed by atoms with E-state index in [0.29, 0.717) is 6.54 Å². The zero-order valence-electron chi connectivity index (χ0n) is 24.8. The molecule has 0 saturated heterocycles. The molecule has 5 nitrogen and oxygen atoms in total. The summed E-state index contributed by atoms with van der Waals surface area (Å²) in [5.74, 6) is 1.53. The van der Waals surface area contributed by atoms with Crippen molar-refractivity contribution < 1.29 is 4.42 Å². The Morgan fingerprint density at radius 3 is 2.00 bits per heavy atom. The molecule has 0 saturated carbocycles. The summed E-state index contributed by atoms with van der Waals surface area (Å²) in [7, 11) is 1.80. The summed E-state index contributed by atoms with van der Waals surface area (Å²) in [5, 5.41) is 8.20. The molecule has 0 aliphatic heterocycles. The molecule has 2 aromatic heterocycles. The lowest BCUT2D eigenvalue weighted by molar-refractivity contribution is 0.669. The van der Waals surface area contributed by atoms with Crippen LogP contribution in [0.3, 0.4) is 0 Å². The van der Waals surface area contributed by atoms with Gasteiger partial charge in [0.15, 0.2) is 0 Å². The molecule has 216 valence electrons. The number of aromatic nitrogens is 1. The number of hydrogen-bond donors (Lipinski definition) is 1. The molecule has 0 radical (unpaired) electrons. The fraction of sp³-hybridized carbons (Fsp3) is 0.0500. The smallest absolute Gasteiger partial charge is 0.137 e. The Hall–Kier alpha value is -5.94. The summed E-state index contributed by atoms with van der Waals surface area (Å²) in [6.07, 6.45) is 0. The Morgan fingerprint density at radius 1 is 0.578 bits per heavy atom. The highest BCUT2D eigenvalue weighted by atomic mass is 16.3. The van der Waals surface area contributed by atoms with Crippen molar-refractivity contribution >= 4 is 55.4 Å². The molecule has 0 bridgehead atoms. The summed E-state index contributed by atoms with van der Waals surface area (Å²) < 4.78 is 8.68. The van der Waals surface area contributed by atoms with E-state index in [-0.39, 0.29) is 0 Å². The molecule has 0 amide bonds. The minimum atomic E-state index is 0.472. The Bertz CT molecular complexity index is 2380. The average Bonchev–Trinajstić information content (AvgIpc) is 3.63. The van der Waals surface area contributed by atoms with Crippen LogP contribution >= 0.6 is 0 Å². The van der Waals surface area contributed by atoms with Crippen LogP contribution in [0.4, 0.5) is 0 Å². The van der Waals surface area contributed by atoms with Gasteiger partial charge in [-0.1, -0.05) is 115 Å². The largest absolute Gasteiger partial charge is 0.456 e. The molecule has 45 heavy (non-hydrogen) atoms. The van der Waals surface area contributed by atoms with E-state index in [0.717, 1.165) is 67.0 Å². The second kappa shape index (κ2) is 11.3. The fourth-order valence-corrected chi connectivity index (χ4v) is 6.24. The molecule has 8 aromatic rings. The van der Waals surface area contributed by atoms with Crippen molar-refractivity contribution in [2.75, 3.05) is 7.05 Å². The number of amidine groups is 2. The third-order valence-electron chi connectivity index (χ3n) is 8.37. The number of fused-ring (bicyclic) bond motifs is 6. The topological polar surface area (TPSA) is 54.8 Å². The molecular weight excluding hydrogens is 552 g/mol. The normalized spacial score (nSPS) is 12.5. The molecule has 0 spiro atoms. The number of benzene rings is 6. The van der Waals surface area contributed by atoms with Crippen LogP contribution in [0.15, 0.2) is 160 Å². The third-order valence-corrected chi connectivity index (χ3v) is 8.37. The van der Waals surface area contributed by atoms with Crippen molar-refractivity contribution in [3.05, 3.63) is 162 Å². The highest BCUT2D eigenvalue weighted by molar-refractivity contribution is 6.17. The predicted molar refractivity (Wildman–Crippen MR) is 187 cm³/mol. The number of nitrogens with one attached hydrogen (secondary N) is 1. The maximum atomic E-state index is 6.33. The van der Waals surface area contributed by atoms with Gasteiger partial charge in [-0.25, -0.2) is 0 Å². The van der Waals surface area contributed by atoms with Gasteiger partial charge in [0, 0.05) is 45.8 Å². The average molecular weight is 583 g/mol. The quantitative estimate of drug-likeness (QED) is 0.162. The summed E-state index contributed by atoms with van der Waals surface area (Å²) in [6.45, 7) is 0.472. The van der Waals surface area contributed by atoms with E-state index in [4.69, 9.17) is 9.41 Å². The van der Waals surface area contributed by atoms with Crippen LogP contribution in [0, 0.1) is 0 Å². The first kappa shape index (κ1) is 26.7. The number of para-hydroxylation sites is 3. The van der Waals surface area contributed by atoms with Gasteiger partial charge >= 0.3 is 0 Å². The van der Waals surface area contributed by atoms with Gasteiger partial charge in [-0.05, 0) is 29.8 Å². The Kier molecular flexibility index (Phi) is 6.69. The summed E-state index contributed by atoms with van der Waals surface area (Å²) in [5.41, 5.74) is 8.22. The van der Waals surface area contributed by atoms with Gasteiger partial charge in [0.1, 0.15) is 22.8 Å². The van der Waals surface area contributed by atoms with E-state index >= 15 is 0 Å². The number of hydrogen-bond acceptors (Lipinski definition) is 3. The zero-order chi connectivity index (χ0) is 30.2. The van der Waals surface area contributed by atoms with Gasteiger partial charge in [-0.3, -0.25) is 9.98 Å². The standard InChI is InChI=1S/C40H30N4O/c1-41-39(27-14-4-2-5-15-27)43-40(28-16-6-3-7-17-28)42-26-29-18-8-11-21-34(29)44-35-22-12-9-19-30(35)32-24-33-31-20-10-13-23-37(31)45-38(33)25-36(32)44/h2-25H,26H2,1H3,(H,41,42,43). The van der Waals surface area contributed by atoms with E-state index in [1.807, 2.05) is 48.5 Å². The van der Waals surface area contributed by atoms with Crippen LogP contribution in [0.25, 0.3) is 49.4 Å². The molecule has 8 rings (SSSR count). The van der Waals surface area contributed by atoms with Crippen molar-refractivity contribution in [2.45, 2.75) is 6.54 Å².